The third-order valence-electron chi connectivity index (χ3n) is 4.50. The van der Waals surface area contributed by atoms with Gasteiger partial charge in [-0.2, -0.15) is 0 Å². The number of nitrogens with one attached hydrogen (secondary N) is 1. The summed E-state index contributed by atoms with van der Waals surface area (Å²) in [5.41, 5.74) is 6.68. The molecular formula is C19H20ClN3O4S. The Kier molecular flexibility index (Phi) is 5.90. The van der Waals surface area contributed by atoms with E-state index in [0.717, 1.165) is 31.6 Å². The van der Waals surface area contributed by atoms with Gasteiger partial charge in [0.25, 0.3) is 0 Å². The molecule has 0 atom stereocenters. The fraction of sp³-hybridized carbons (Fsp3) is 0.263. The molecule has 1 saturated heterocycles. The molecule has 3 N–H and O–H groups in total. The first-order valence-electron chi connectivity index (χ1n) is 8.73. The molecule has 0 aromatic heterocycles. The van der Waals surface area contributed by atoms with Gasteiger partial charge in [0.05, 0.1) is 16.3 Å². The van der Waals surface area contributed by atoms with Crippen LogP contribution in [0.1, 0.15) is 23.2 Å². The number of rotatable bonds is 6. The number of benzene rings is 2. The highest BCUT2D eigenvalue weighted by Crippen LogP contribution is 2.30. The molecule has 148 valence electrons. The number of primary amides is 1. The lowest BCUT2D eigenvalue weighted by molar-refractivity contribution is -0.113. The minimum Gasteiger partial charge on any atom is -0.370 e. The summed E-state index contributed by atoms with van der Waals surface area (Å²) in [6.45, 7) is 1.64. The van der Waals surface area contributed by atoms with Crippen molar-refractivity contribution >= 4 is 44.6 Å². The zero-order valence-electron chi connectivity index (χ0n) is 15.0. The SMILES string of the molecule is NC(=O)c1ccc(N2CCCC2)c(NC(=O)CS(=O)(=O)c2ccc(Cl)cc2)c1. The summed E-state index contributed by atoms with van der Waals surface area (Å²) in [6.07, 6.45) is 2.05. The van der Waals surface area contributed by atoms with Gasteiger partial charge in [0.2, 0.25) is 11.8 Å². The number of nitrogens with zero attached hydrogens (tertiary/aromatic N) is 1. The molecule has 1 fully saturated rings. The quantitative estimate of drug-likeness (QED) is 0.744. The molecule has 0 bridgehead atoms. The lowest BCUT2D eigenvalue weighted by Gasteiger charge is -2.22. The molecule has 9 heteroatoms. The van der Waals surface area contributed by atoms with Crippen molar-refractivity contribution in [2.45, 2.75) is 17.7 Å². The van der Waals surface area contributed by atoms with E-state index in [-0.39, 0.29) is 10.5 Å². The molecule has 1 heterocycles. The van der Waals surface area contributed by atoms with E-state index in [4.69, 9.17) is 17.3 Å². The fourth-order valence-electron chi connectivity index (χ4n) is 3.11. The Labute approximate surface area is 168 Å². The van der Waals surface area contributed by atoms with E-state index in [0.29, 0.717) is 10.7 Å². The summed E-state index contributed by atoms with van der Waals surface area (Å²) in [5, 5.41) is 3.03. The second kappa shape index (κ2) is 8.20. The predicted octanol–water partition coefficient (Wildman–Crippen LogP) is 2.45. The van der Waals surface area contributed by atoms with Crippen molar-refractivity contribution in [2.24, 2.45) is 5.73 Å². The highest BCUT2D eigenvalue weighted by atomic mass is 35.5. The molecule has 0 spiro atoms. The normalized spacial score (nSPS) is 14.1. The van der Waals surface area contributed by atoms with Crippen molar-refractivity contribution in [1.82, 2.24) is 0 Å². The van der Waals surface area contributed by atoms with Crippen molar-refractivity contribution in [1.29, 1.82) is 0 Å². The van der Waals surface area contributed by atoms with E-state index in [1.54, 1.807) is 12.1 Å². The van der Waals surface area contributed by atoms with E-state index in [9.17, 15) is 18.0 Å². The molecule has 0 radical (unpaired) electrons. The standard InChI is InChI=1S/C19H20ClN3O4S/c20-14-4-6-15(7-5-14)28(26,27)12-18(24)22-16-11-13(19(21)25)3-8-17(16)23-9-1-2-10-23/h3-8,11H,1-2,9-10,12H2,(H2,21,25)(H,22,24). The zero-order chi connectivity index (χ0) is 20.3. The Balaban J connectivity index is 1.83. The number of carbonyl (C=O) groups is 2. The third-order valence-corrected chi connectivity index (χ3v) is 6.38. The second-order valence-corrected chi connectivity index (χ2v) is 8.98. The Bertz CT molecular complexity index is 1000. The van der Waals surface area contributed by atoms with Crippen LogP contribution in [-0.4, -0.2) is 39.1 Å². The Hall–Kier alpha value is -2.58. The maximum atomic E-state index is 12.5. The van der Waals surface area contributed by atoms with Crippen LogP contribution in [0, 0.1) is 0 Å². The first-order valence-corrected chi connectivity index (χ1v) is 10.8. The summed E-state index contributed by atoms with van der Waals surface area (Å²) in [7, 11) is -3.83. The molecule has 7 nitrogen and oxygen atoms in total. The van der Waals surface area contributed by atoms with Crippen molar-refractivity contribution < 1.29 is 18.0 Å². The average Bonchev–Trinajstić information content (AvgIpc) is 3.15. The van der Waals surface area contributed by atoms with Crippen LogP contribution in [-0.2, 0) is 14.6 Å². The molecule has 1 aliphatic heterocycles. The highest BCUT2D eigenvalue weighted by molar-refractivity contribution is 7.92. The van der Waals surface area contributed by atoms with Gasteiger partial charge >= 0.3 is 0 Å². The molecule has 0 unspecified atom stereocenters. The van der Waals surface area contributed by atoms with Gasteiger partial charge in [-0.25, -0.2) is 8.42 Å². The van der Waals surface area contributed by atoms with E-state index < -0.39 is 27.4 Å². The summed E-state index contributed by atoms with van der Waals surface area (Å²) >= 11 is 5.78. The monoisotopic (exact) mass is 421 g/mol. The van der Waals surface area contributed by atoms with E-state index in [1.165, 1.54) is 30.3 Å². The van der Waals surface area contributed by atoms with Gasteiger partial charge in [0, 0.05) is 23.7 Å². The summed E-state index contributed by atoms with van der Waals surface area (Å²) in [4.78, 5) is 26.1. The summed E-state index contributed by atoms with van der Waals surface area (Å²) in [6, 6.07) is 10.4. The Morgan fingerprint density at radius 2 is 1.71 bits per heavy atom. The smallest absolute Gasteiger partial charge is 0.248 e. The van der Waals surface area contributed by atoms with Gasteiger partial charge in [-0.1, -0.05) is 11.6 Å². The Morgan fingerprint density at radius 3 is 2.32 bits per heavy atom. The van der Waals surface area contributed by atoms with Gasteiger partial charge in [0.1, 0.15) is 5.75 Å². The predicted molar refractivity (Wildman–Crippen MR) is 109 cm³/mol. The van der Waals surface area contributed by atoms with Crippen LogP contribution in [0.3, 0.4) is 0 Å². The van der Waals surface area contributed by atoms with Crippen molar-refractivity contribution in [3.8, 4) is 0 Å². The molecule has 1 aliphatic rings. The van der Waals surface area contributed by atoms with Crippen LogP contribution >= 0.6 is 11.6 Å². The van der Waals surface area contributed by atoms with E-state index in [2.05, 4.69) is 10.2 Å². The number of nitrogens with two attached hydrogens (primary N) is 1. The number of anilines is 2. The van der Waals surface area contributed by atoms with Gasteiger partial charge in [-0.3, -0.25) is 9.59 Å². The number of halogens is 1. The topological polar surface area (TPSA) is 110 Å². The lowest BCUT2D eigenvalue weighted by atomic mass is 10.1. The van der Waals surface area contributed by atoms with Gasteiger partial charge < -0.3 is 16.0 Å². The first-order chi connectivity index (χ1) is 13.3. The molecule has 3 rings (SSSR count). The minimum absolute atomic E-state index is 0.0118. The van der Waals surface area contributed by atoms with Crippen LogP contribution in [0.15, 0.2) is 47.4 Å². The molecule has 2 aromatic carbocycles. The van der Waals surface area contributed by atoms with Gasteiger partial charge in [0.15, 0.2) is 9.84 Å². The van der Waals surface area contributed by atoms with E-state index >= 15 is 0 Å². The number of amides is 2. The van der Waals surface area contributed by atoms with Crippen LogP contribution in [0.2, 0.25) is 5.02 Å². The van der Waals surface area contributed by atoms with Crippen LogP contribution in [0.5, 0.6) is 0 Å². The summed E-state index contributed by atoms with van der Waals surface area (Å²) < 4.78 is 24.9. The first kappa shape index (κ1) is 20.2. The summed E-state index contributed by atoms with van der Waals surface area (Å²) in [5.74, 6) is -2.05. The minimum atomic E-state index is -3.83. The number of hydrogen-bond acceptors (Lipinski definition) is 5. The second-order valence-electron chi connectivity index (χ2n) is 6.55. The zero-order valence-corrected chi connectivity index (χ0v) is 16.6. The Morgan fingerprint density at radius 1 is 1.07 bits per heavy atom. The molecule has 2 amide bonds. The molecular weight excluding hydrogens is 402 g/mol. The van der Waals surface area contributed by atoms with Crippen molar-refractivity contribution in [2.75, 3.05) is 29.1 Å². The van der Waals surface area contributed by atoms with Gasteiger partial charge in [-0.15, -0.1) is 0 Å². The van der Waals surface area contributed by atoms with Crippen LogP contribution in [0.4, 0.5) is 11.4 Å². The molecule has 0 saturated carbocycles. The molecule has 0 aliphatic carbocycles. The van der Waals surface area contributed by atoms with Crippen LogP contribution < -0.4 is 16.0 Å². The van der Waals surface area contributed by atoms with Crippen molar-refractivity contribution in [3.63, 3.8) is 0 Å². The maximum absolute atomic E-state index is 12.5. The number of sulfone groups is 1. The van der Waals surface area contributed by atoms with Crippen LogP contribution in [0.25, 0.3) is 0 Å². The highest BCUT2D eigenvalue weighted by Gasteiger charge is 2.22. The largest absolute Gasteiger partial charge is 0.370 e. The van der Waals surface area contributed by atoms with E-state index in [1.807, 2.05) is 0 Å². The fourth-order valence-corrected chi connectivity index (χ4v) is 4.37. The third kappa shape index (κ3) is 4.63. The number of hydrogen-bond donors (Lipinski definition) is 2. The number of carbonyl (C=O) groups excluding carboxylic acids is 2. The average molecular weight is 422 g/mol. The van der Waals surface area contributed by atoms with Crippen molar-refractivity contribution in [3.05, 3.63) is 53.1 Å². The van der Waals surface area contributed by atoms with Gasteiger partial charge in [-0.05, 0) is 55.3 Å². The molecule has 2 aromatic rings. The lowest BCUT2D eigenvalue weighted by Crippen LogP contribution is -2.26. The maximum Gasteiger partial charge on any atom is 0.248 e. The molecule has 28 heavy (non-hydrogen) atoms.